The van der Waals surface area contributed by atoms with Gasteiger partial charge in [-0.05, 0) is 44.5 Å². The first-order valence-electron chi connectivity index (χ1n) is 11.0. The zero-order chi connectivity index (χ0) is 21.0. The van der Waals surface area contributed by atoms with E-state index in [1.165, 1.54) is 12.8 Å². The SMILES string of the molecule is CCc1nncn1CCNC(=NCC(c1ccco1)N1CCCC1)NCCCOC. The summed E-state index contributed by atoms with van der Waals surface area (Å²) in [6.45, 7) is 8.01. The number of ether oxygens (including phenoxy) is 1. The van der Waals surface area contributed by atoms with E-state index >= 15 is 0 Å². The molecule has 0 bridgehead atoms. The minimum atomic E-state index is 0.171. The zero-order valence-corrected chi connectivity index (χ0v) is 18.2. The van der Waals surface area contributed by atoms with Gasteiger partial charge in [0, 0.05) is 39.8 Å². The van der Waals surface area contributed by atoms with E-state index in [-0.39, 0.29) is 6.04 Å². The molecule has 9 nitrogen and oxygen atoms in total. The van der Waals surface area contributed by atoms with Crippen LogP contribution in [0.15, 0.2) is 34.1 Å². The highest BCUT2D eigenvalue weighted by Gasteiger charge is 2.25. The van der Waals surface area contributed by atoms with Crippen molar-refractivity contribution >= 4 is 5.96 Å². The van der Waals surface area contributed by atoms with Crippen molar-refractivity contribution in [2.24, 2.45) is 4.99 Å². The van der Waals surface area contributed by atoms with Crippen LogP contribution in [-0.4, -0.2) is 72.1 Å². The molecule has 1 atom stereocenters. The standard InChI is InChI=1S/C21H35N7O2/c1-3-20-26-25-17-28(20)13-10-23-21(22-9-7-14-29-2)24-16-18(19-8-6-15-30-19)27-11-4-5-12-27/h6,8,15,17-18H,3-5,7,9-14,16H2,1-2H3,(H2,22,23,24). The molecule has 0 amide bonds. The molecule has 0 aliphatic carbocycles. The van der Waals surface area contributed by atoms with Crippen molar-refractivity contribution in [3.05, 3.63) is 36.3 Å². The maximum absolute atomic E-state index is 5.72. The number of nitrogens with zero attached hydrogens (tertiary/aromatic N) is 5. The number of hydrogen-bond acceptors (Lipinski definition) is 6. The average molecular weight is 418 g/mol. The predicted molar refractivity (Wildman–Crippen MR) is 116 cm³/mol. The molecule has 9 heteroatoms. The minimum absolute atomic E-state index is 0.171. The molecular formula is C21H35N7O2. The fourth-order valence-electron chi connectivity index (χ4n) is 3.73. The van der Waals surface area contributed by atoms with Gasteiger partial charge in [0.05, 0.1) is 18.8 Å². The molecule has 30 heavy (non-hydrogen) atoms. The van der Waals surface area contributed by atoms with Crippen LogP contribution in [0.3, 0.4) is 0 Å². The number of methoxy groups -OCH3 is 1. The Morgan fingerprint density at radius 1 is 1.30 bits per heavy atom. The predicted octanol–water partition coefficient (Wildman–Crippen LogP) is 1.84. The van der Waals surface area contributed by atoms with E-state index in [0.29, 0.717) is 6.54 Å². The lowest BCUT2D eigenvalue weighted by molar-refractivity contribution is 0.195. The third-order valence-corrected chi connectivity index (χ3v) is 5.35. The van der Waals surface area contributed by atoms with Crippen LogP contribution in [0.25, 0.3) is 0 Å². The molecule has 2 N–H and O–H groups in total. The van der Waals surface area contributed by atoms with Gasteiger partial charge < -0.3 is 24.4 Å². The maximum atomic E-state index is 5.72. The van der Waals surface area contributed by atoms with Crippen molar-refractivity contribution in [2.75, 3.05) is 46.4 Å². The first kappa shape index (κ1) is 22.3. The molecule has 166 valence electrons. The molecule has 2 aromatic heterocycles. The summed E-state index contributed by atoms with van der Waals surface area (Å²) in [7, 11) is 1.72. The second-order valence-corrected chi connectivity index (χ2v) is 7.46. The Balaban J connectivity index is 1.60. The topological polar surface area (TPSA) is 92.7 Å². The number of aromatic nitrogens is 3. The third kappa shape index (κ3) is 6.56. The summed E-state index contributed by atoms with van der Waals surface area (Å²) in [5.41, 5.74) is 0. The Bertz CT molecular complexity index is 738. The fraction of sp³-hybridized carbons (Fsp3) is 0.667. The average Bonchev–Trinajstić information content (AvgIpc) is 3.54. The van der Waals surface area contributed by atoms with E-state index in [4.69, 9.17) is 14.1 Å². The van der Waals surface area contributed by atoms with E-state index in [0.717, 1.165) is 69.7 Å². The van der Waals surface area contributed by atoms with Crippen molar-refractivity contribution in [2.45, 2.75) is 45.2 Å². The molecule has 1 fully saturated rings. The third-order valence-electron chi connectivity index (χ3n) is 5.35. The van der Waals surface area contributed by atoms with Gasteiger partial charge in [-0.2, -0.15) is 0 Å². The summed E-state index contributed by atoms with van der Waals surface area (Å²) in [5.74, 6) is 2.79. The molecule has 1 aliphatic heterocycles. The quantitative estimate of drug-likeness (QED) is 0.309. The van der Waals surface area contributed by atoms with Crippen LogP contribution in [0, 0.1) is 0 Å². The fourth-order valence-corrected chi connectivity index (χ4v) is 3.73. The number of hydrogen-bond donors (Lipinski definition) is 2. The summed E-state index contributed by atoms with van der Waals surface area (Å²) in [6, 6.07) is 4.18. The van der Waals surface area contributed by atoms with Crippen molar-refractivity contribution in [1.29, 1.82) is 0 Å². The Morgan fingerprint density at radius 2 is 2.13 bits per heavy atom. The summed E-state index contributed by atoms with van der Waals surface area (Å²) in [6.07, 6.45) is 7.80. The summed E-state index contributed by atoms with van der Waals surface area (Å²) < 4.78 is 13.0. The minimum Gasteiger partial charge on any atom is -0.468 e. The second-order valence-electron chi connectivity index (χ2n) is 7.46. The Morgan fingerprint density at radius 3 is 2.87 bits per heavy atom. The van der Waals surface area contributed by atoms with Gasteiger partial charge in [-0.25, -0.2) is 0 Å². The number of guanidine groups is 1. The molecular weight excluding hydrogens is 382 g/mol. The van der Waals surface area contributed by atoms with Gasteiger partial charge in [0.25, 0.3) is 0 Å². The molecule has 3 heterocycles. The van der Waals surface area contributed by atoms with Crippen LogP contribution >= 0.6 is 0 Å². The monoisotopic (exact) mass is 417 g/mol. The van der Waals surface area contributed by atoms with Gasteiger partial charge >= 0.3 is 0 Å². The maximum Gasteiger partial charge on any atom is 0.191 e. The van der Waals surface area contributed by atoms with E-state index in [1.807, 2.05) is 6.07 Å². The molecule has 0 saturated carbocycles. The Hall–Kier alpha value is -2.39. The van der Waals surface area contributed by atoms with E-state index in [1.54, 1.807) is 19.7 Å². The van der Waals surface area contributed by atoms with Gasteiger partial charge in [0.1, 0.15) is 17.9 Å². The highest BCUT2D eigenvalue weighted by Crippen LogP contribution is 2.25. The van der Waals surface area contributed by atoms with Crippen molar-refractivity contribution in [3.8, 4) is 0 Å². The van der Waals surface area contributed by atoms with Crippen LogP contribution in [0.4, 0.5) is 0 Å². The number of rotatable bonds is 12. The van der Waals surface area contributed by atoms with Crippen molar-refractivity contribution in [3.63, 3.8) is 0 Å². The number of likely N-dealkylation sites (tertiary alicyclic amines) is 1. The van der Waals surface area contributed by atoms with Gasteiger partial charge in [0.2, 0.25) is 0 Å². The molecule has 0 spiro atoms. The van der Waals surface area contributed by atoms with E-state index < -0.39 is 0 Å². The zero-order valence-electron chi connectivity index (χ0n) is 18.2. The van der Waals surface area contributed by atoms with E-state index in [9.17, 15) is 0 Å². The molecule has 1 aliphatic rings. The summed E-state index contributed by atoms with van der Waals surface area (Å²) >= 11 is 0. The molecule has 0 aromatic carbocycles. The Labute approximate surface area is 178 Å². The van der Waals surface area contributed by atoms with Crippen LogP contribution < -0.4 is 10.6 Å². The highest BCUT2D eigenvalue weighted by molar-refractivity contribution is 5.79. The smallest absolute Gasteiger partial charge is 0.191 e. The molecule has 0 radical (unpaired) electrons. The summed E-state index contributed by atoms with van der Waals surface area (Å²) in [4.78, 5) is 7.36. The molecule has 3 rings (SSSR count). The lowest BCUT2D eigenvalue weighted by atomic mass is 10.2. The lowest BCUT2D eigenvalue weighted by Gasteiger charge is -2.24. The van der Waals surface area contributed by atoms with Crippen LogP contribution in [0.5, 0.6) is 0 Å². The van der Waals surface area contributed by atoms with Crippen LogP contribution in [0.2, 0.25) is 0 Å². The number of aliphatic imine (C=N–C) groups is 1. The highest BCUT2D eigenvalue weighted by atomic mass is 16.5. The largest absolute Gasteiger partial charge is 0.468 e. The van der Waals surface area contributed by atoms with Crippen LogP contribution in [0.1, 0.15) is 43.8 Å². The summed E-state index contributed by atoms with van der Waals surface area (Å²) in [5, 5.41) is 15.0. The normalized spacial score (nSPS) is 16.1. The van der Waals surface area contributed by atoms with Gasteiger partial charge in [0.15, 0.2) is 5.96 Å². The van der Waals surface area contributed by atoms with Crippen molar-refractivity contribution < 1.29 is 9.15 Å². The van der Waals surface area contributed by atoms with E-state index in [2.05, 4.69) is 43.3 Å². The Kier molecular flexibility index (Phi) is 9.17. The van der Waals surface area contributed by atoms with Gasteiger partial charge in [-0.15, -0.1) is 10.2 Å². The number of furan rings is 1. The molecule has 1 unspecified atom stereocenters. The van der Waals surface area contributed by atoms with Crippen LogP contribution in [-0.2, 0) is 17.7 Å². The van der Waals surface area contributed by atoms with Gasteiger partial charge in [-0.1, -0.05) is 6.92 Å². The second kappa shape index (κ2) is 12.3. The van der Waals surface area contributed by atoms with Crippen molar-refractivity contribution in [1.82, 2.24) is 30.3 Å². The molecule has 1 saturated heterocycles. The first-order valence-corrected chi connectivity index (χ1v) is 11.0. The first-order chi connectivity index (χ1) is 14.8. The van der Waals surface area contributed by atoms with Gasteiger partial charge in [-0.3, -0.25) is 9.89 Å². The number of nitrogens with one attached hydrogen (secondary N) is 2. The lowest BCUT2D eigenvalue weighted by Crippen LogP contribution is -2.40. The molecule has 2 aromatic rings. The number of aryl methyl sites for hydroxylation is 1.